The summed E-state index contributed by atoms with van der Waals surface area (Å²) in [5.74, 6) is -1.13. The Balaban J connectivity index is 1.15. The van der Waals surface area contributed by atoms with E-state index in [-0.39, 0.29) is 17.6 Å². The maximum Gasteiger partial charge on any atom is 0.261 e. The molecule has 218 valence electrons. The maximum atomic E-state index is 13.5. The van der Waals surface area contributed by atoms with E-state index in [4.69, 9.17) is 0 Å². The third kappa shape index (κ3) is 5.89. The molecule has 0 spiro atoms. The number of carbonyl (C=O) groups excluding carboxylic acids is 3. The molecule has 0 aliphatic carbocycles. The first-order valence-electron chi connectivity index (χ1n) is 14.7. The average molecular weight is 575 g/mol. The second-order valence-electron chi connectivity index (χ2n) is 11.1. The fourth-order valence-electron chi connectivity index (χ4n) is 5.71. The van der Waals surface area contributed by atoms with Crippen LogP contribution in [0.15, 0.2) is 77.9 Å². The lowest BCUT2D eigenvalue weighted by Crippen LogP contribution is -2.27. The number of hydrogen-bond donors (Lipinski definition) is 2. The topological polar surface area (TPSA) is 111 Å². The molecule has 0 saturated carbocycles. The highest BCUT2D eigenvalue weighted by Gasteiger charge is 2.30. The van der Waals surface area contributed by atoms with Crippen molar-refractivity contribution in [3.8, 4) is 0 Å². The molecule has 1 atom stereocenters. The quantitative estimate of drug-likeness (QED) is 0.202. The van der Waals surface area contributed by atoms with Crippen LogP contribution in [0.25, 0.3) is 0 Å². The van der Waals surface area contributed by atoms with Crippen LogP contribution in [0.4, 0.5) is 17.1 Å². The molecule has 1 fully saturated rings. The number of nitrogens with zero attached hydrogens (tertiary/aromatic N) is 4. The first-order chi connectivity index (χ1) is 20.9. The number of fused-ring (bicyclic) bond motifs is 1. The minimum atomic E-state index is -0.539. The van der Waals surface area contributed by atoms with E-state index >= 15 is 0 Å². The number of amides is 2. The molecule has 0 bridgehead atoms. The Hall–Kier alpha value is -4.89. The van der Waals surface area contributed by atoms with Crippen molar-refractivity contribution in [1.82, 2.24) is 15.1 Å². The highest BCUT2D eigenvalue weighted by atomic mass is 16.2. The van der Waals surface area contributed by atoms with Crippen LogP contribution >= 0.6 is 0 Å². The van der Waals surface area contributed by atoms with Crippen LogP contribution in [0, 0.1) is 0 Å². The second kappa shape index (κ2) is 12.1. The first-order valence-corrected chi connectivity index (χ1v) is 14.7. The summed E-state index contributed by atoms with van der Waals surface area (Å²) in [4.78, 5) is 47.9. The number of aryl methyl sites for hydroxylation is 1. The van der Waals surface area contributed by atoms with Gasteiger partial charge in [0, 0.05) is 48.0 Å². The molecule has 2 amide bonds. The molecule has 1 unspecified atom stereocenters. The molecular weight excluding hydrogens is 540 g/mol. The Bertz CT molecular complexity index is 1700. The van der Waals surface area contributed by atoms with Gasteiger partial charge in [0.25, 0.3) is 5.91 Å². The summed E-state index contributed by atoms with van der Waals surface area (Å²) in [5.41, 5.74) is 6.17. The number of benzene rings is 3. The van der Waals surface area contributed by atoms with Crippen molar-refractivity contribution in [2.24, 2.45) is 4.99 Å². The highest BCUT2D eigenvalue weighted by Crippen LogP contribution is 2.33. The predicted molar refractivity (Wildman–Crippen MR) is 167 cm³/mol. The monoisotopic (exact) mass is 574 g/mol. The van der Waals surface area contributed by atoms with E-state index < -0.39 is 5.92 Å². The van der Waals surface area contributed by atoms with Crippen LogP contribution < -0.4 is 10.2 Å². The molecule has 9 heteroatoms. The van der Waals surface area contributed by atoms with Gasteiger partial charge in [-0.3, -0.25) is 29.4 Å². The molecule has 3 aromatic carbocycles. The first kappa shape index (κ1) is 28.2. The Morgan fingerprint density at radius 1 is 1.05 bits per heavy atom. The van der Waals surface area contributed by atoms with Crippen molar-refractivity contribution >= 4 is 40.9 Å². The molecule has 6 rings (SSSR count). The van der Waals surface area contributed by atoms with Crippen LogP contribution in [0.5, 0.6) is 0 Å². The zero-order chi connectivity index (χ0) is 29.9. The van der Waals surface area contributed by atoms with E-state index in [1.54, 1.807) is 55.7 Å². The summed E-state index contributed by atoms with van der Waals surface area (Å²) < 4.78 is 0. The standard InChI is InChI=1S/C34H34N6O3/c1-3-30-29(20-36-38-30)34(43)39(2)26-8-6-7-23(17-26)32(41)24-11-14-27-28(33(42)37-31(27)18-24)19-35-25-12-9-22(10-13-25)21-40-15-4-5-16-40/h6-14,17-20,28H,3-5,15-16,21H2,1-2H3,(H,36,38)(H,37,42). The Morgan fingerprint density at radius 2 is 1.81 bits per heavy atom. The normalized spacial score (nSPS) is 16.4. The number of rotatable bonds is 9. The van der Waals surface area contributed by atoms with Crippen molar-refractivity contribution in [2.75, 3.05) is 30.4 Å². The summed E-state index contributed by atoms with van der Waals surface area (Å²) in [7, 11) is 1.67. The lowest BCUT2D eigenvalue weighted by atomic mass is 9.97. The molecule has 4 aromatic rings. The van der Waals surface area contributed by atoms with Gasteiger partial charge in [-0.25, -0.2) is 0 Å². The third-order valence-corrected chi connectivity index (χ3v) is 8.21. The largest absolute Gasteiger partial charge is 0.325 e. The Morgan fingerprint density at radius 3 is 2.58 bits per heavy atom. The van der Waals surface area contributed by atoms with Crippen molar-refractivity contribution in [3.63, 3.8) is 0 Å². The van der Waals surface area contributed by atoms with Crippen molar-refractivity contribution in [3.05, 3.63) is 106 Å². The smallest absolute Gasteiger partial charge is 0.261 e. The number of aliphatic imine (C=N–C) groups is 1. The van der Waals surface area contributed by atoms with Crippen LogP contribution in [0.3, 0.4) is 0 Å². The summed E-state index contributed by atoms with van der Waals surface area (Å²) in [6.45, 7) is 5.21. The Kier molecular flexibility index (Phi) is 7.98. The lowest BCUT2D eigenvalue weighted by Gasteiger charge is -2.18. The molecule has 2 aliphatic rings. The third-order valence-electron chi connectivity index (χ3n) is 8.21. The minimum absolute atomic E-state index is 0.179. The Labute approximate surface area is 250 Å². The summed E-state index contributed by atoms with van der Waals surface area (Å²) in [6.07, 6.45) is 6.38. The lowest BCUT2D eigenvalue weighted by molar-refractivity contribution is -0.115. The summed E-state index contributed by atoms with van der Waals surface area (Å²) >= 11 is 0. The number of aromatic nitrogens is 2. The van der Waals surface area contributed by atoms with Crippen LogP contribution in [0.2, 0.25) is 0 Å². The zero-order valence-electron chi connectivity index (χ0n) is 24.3. The second-order valence-corrected chi connectivity index (χ2v) is 11.1. The molecule has 0 radical (unpaired) electrons. The number of nitrogens with one attached hydrogen (secondary N) is 2. The molecular formula is C34H34N6O3. The van der Waals surface area contributed by atoms with E-state index in [2.05, 4.69) is 37.5 Å². The summed E-state index contributed by atoms with van der Waals surface area (Å²) in [5, 5.41) is 9.75. The molecule has 3 heterocycles. The van der Waals surface area contributed by atoms with Gasteiger partial charge in [0.15, 0.2) is 5.78 Å². The molecule has 2 aliphatic heterocycles. The number of aromatic amines is 1. The SMILES string of the molecule is CCc1[nH]ncc1C(=O)N(C)c1cccc(C(=O)c2ccc3c(c2)NC(=O)C3C=Nc2ccc(CN3CCCC3)cc2)c1. The van der Waals surface area contributed by atoms with E-state index in [1.807, 2.05) is 19.1 Å². The number of anilines is 2. The van der Waals surface area contributed by atoms with Gasteiger partial charge in [0.05, 0.1) is 17.4 Å². The zero-order valence-corrected chi connectivity index (χ0v) is 24.3. The maximum absolute atomic E-state index is 13.5. The fourth-order valence-corrected chi connectivity index (χ4v) is 5.71. The number of ketones is 1. The summed E-state index contributed by atoms with van der Waals surface area (Å²) in [6, 6.07) is 20.3. The molecule has 2 N–H and O–H groups in total. The van der Waals surface area contributed by atoms with Crippen LogP contribution in [-0.4, -0.2) is 59.0 Å². The highest BCUT2D eigenvalue weighted by molar-refractivity contribution is 6.15. The molecule has 1 aromatic heterocycles. The van der Waals surface area contributed by atoms with Crippen molar-refractivity contribution < 1.29 is 14.4 Å². The predicted octanol–water partition coefficient (Wildman–Crippen LogP) is 5.51. The van der Waals surface area contributed by atoms with Crippen molar-refractivity contribution in [1.29, 1.82) is 0 Å². The van der Waals surface area contributed by atoms with Gasteiger partial charge >= 0.3 is 0 Å². The van der Waals surface area contributed by atoms with Gasteiger partial charge in [-0.05, 0) is 73.8 Å². The minimum Gasteiger partial charge on any atom is -0.325 e. The molecule has 1 saturated heterocycles. The number of carbonyl (C=O) groups is 3. The number of hydrogen-bond acceptors (Lipinski definition) is 6. The number of likely N-dealkylation sites (tertiary alicyclic amines) is 1. The van der Waals surface area contributed by atoms with Crippen LogP contribution in [0.1, 0.15) is 68.8 Å². The van der Waals surface area contributed by atoms with Crippen molar-refractivity contribution in [2.45, 2.75) is 38.6 Å². The van der Waals surface area contributed by atoms with E-state index in [0.29, 0.717) is 34.5 Å². The van der Waals surface area contributed by atoms with Gasteiger partial charge < -0.3 is 10.2 Å². The van der Waals surface area contributed by atoms with E-state index in [9.17, 15) is 14.4 Å². The fraction of sp³-hybridized carbons (Fsp3) is 0.265. The molecule has 43 heavy (non-hydrogen) atoms. The van der Waals surface area contributed by atoms with Gasteiger partial charge in [-0.2, -0.15) is 5.10 Å². The van der Waals surface area contributed by atoms with E-state index in [0.717, 1.165) is 36.6 Å². The average Bonchev–Trinajstić information content (AvgIpc) is 3.79. The van der Waals surface area contributed by atoms with Gasteiger partial charge in [0.2, 0.25) is 5.91 Å². The van der Waals surface area contributed by atoms with Gasteiger partial charge in [-0.1, -0.05) is 43.3 Å². The number of H-pyrrole nitrogens is 1. The van der Waals surface area contributed by atoms with Gasteiger partial charge in [-0.15, -0.1) is 0 Å². The molecule has 9 nitrogen and oxygen atoms in total. The van der Waals surface area contributed by atoms with E-state index in [1.165, 1.54) is 29.5 Å². The van der Waals surface area contributed by atoms with Gasteiger partial charge in [0.1, 0.15) is 5.92 Å². The van der Waals surface area contributed by atoms with Crippen LogP contribution in [-0.2, 0) is 17.8 Å².